The first-order chi connectivity index (χ1) is 7.71. The fourth-order valence-corrected chi connectivity index (χ4v) is 2.22. The first kappa shape index (κ1) is 25.7. The Balaban J connectivity index is -0.00000128. The molecular weight excluding hydrogens is 318 g/mol. The quantitative estimate of drug-likeness (QED) is 0.316. The summed E-state index contributed by atoms with van der Waals surface area (Å²) in [5.41, 5.74) is 0. The van der Waals surface area contributed by atoms with Crippen LogP contribution in [-0.4, -0.2) is 110 Å². The molecule has 0 aromatic rings. The van der Waals surface area contributed by atoms with Crippen LogP contribution in [0, 0.1) is 0 Å². The predicted molar refractivity (Wildman–Crippen MR) is 73.6 cm³/mol. The largest absolute Gasteiger partial charge is 0.381 e. The summed E-state index contributed by atoms with van der Waals surface area (Å²) >= 11 is 0. The SMILES string of the molecule is O=S(=O)(O)CCCCOCCCCS(=O)(=O)O.[Na].[Na]. The Morgan fingerprint density at radius 1 is 0.684 bits per heavy atom. The van der Waals surface area contributed by atoms with Gasteiger partial charge in [-0.15, -0.1) is 0 Å². The number of unbranched alkanes of at least 4 members (excludes halogenated alkanes) is 2. The van der Waals surface area contributed by atoms with Crippen LogP contribution in [0.4, 0.5) is 0 Å². The average Bonchev–Trinajstić information content (AvgIpc) is 2.11. The zero-order chi connectivity index (χ0) is 13.4. The van der Waals surface area contributed by atoms with Crippen molar-refractivity contribution < 1.29 is 30.7 Å². The number of rotatable bonds is 10. The van der Waals surface area contributed by atoms with Crippen LogP contribution in [0.5, 0.6) is 0 Å². The minimum absolute atomic E-state index is 0. The molecule has 0 fully saturated rings. The van der Waals surface area contributed by atoms with Crippen LogP contribution in [-0.2, 0) is 25.0 Å². The maximum Gasteiger partial charge on any atom is 0.264 e. The Labute approximate surface area is 158 Å². The van der Waals surface area contributed by atoms with Crippen LogP contribution < -0.4 is 0 Å². The molecule has 0 aromatic carbocycles. The summed E-state index contributed by atoms with van der Waals surface area (Å²) in [4.78, 5) is 0. The van der Waals surface area contributed by atoms with Crippen molar-refractivity contribution in [2.24, 2.45) is 0 Å². The van der Waals surface area contributed by atoms with Gasteiger partial charge in [0, 0.05) is 72.3 Å². The van der Waals surface area contributed by atoms with Gasteiger partial charge >= 0.3 is 0 Å². The van der Waals surface area contributed by atoms with E-state index < -0.39 is 20.2 Å². The summed E-state index contributed by atoms with van der Waals surface area (Å²) < 4.78 is 63.3. The number of hydrogen-bond donors (Lipinski definition) is 2. The van der Waals surface area contributed by atoms with Gasteiger partial charge in [0.1, 0.15) is 0 Å². The van der Waals surface area contributed by atoms with Gasteiger partial charge in [-0.3, -0.25) is 9.11 Å². The molecule has 0 aliphatic carbocycles. The molecule has 0 saturated carbocycles. The van der Waals surface area contributed by atoms with Gasteiger partial charge in [-0.25, -0.2) is 0 Å². The second-order valence-electron chi connectivity index (χ2n) is 3.60. The fourth-order valence-electron chi connectivity index (χ4n) is 1.08. The monoisotopic (exact) mass is 336 g/mol. The van der Waals surface area contributed by atoms with Gasteiger partial charge in [0.05, 0.1) is 11.5 Å². The van der Waals surface area contributed by atoms with Crippen molar-refractivity contribution in [1.29, 1.82) is 0 Å². The summed E-state index contributed by atoms with van der Waals surface area (Å²) in [6.07, 6.45) is 1.67. The van der Waals surface area contributed by atoms with Gasteiger partial charge < -0.3 is 4.74 Å². The molecule has 0 heterocycles. The molecule has 0 atom stereocenters. The first-order valence-corrected chi connectivity index (χ1v) is 8.40. The van der Waals surface area contributed by atoms with E-state index in [4.69, 9.17) is 13.8 Å². The molecule has 0 unspecified atom stereocenters. The molecule has 0 aromatic heterocycles. The summed E-state index contributed by atoms with van der Waals surface area (Å²) in [7, 11) is -7.78. The van der Waals surface area contributed by atoms with E-state index in [0.29, 0.717) is 38.9 Å². The van der Waals surface area contributed by atoms with Crippen molar-refractivity contribution in [2.75, 3.05) is 24.7 Å². The van der Waals surface area contributed by atoms with Gasteiger partial charge in [-0.2, -0.15) is 16.8 Å². The topological polar surface area (TPSA) is 118 Å². The summed E-state index contributed by atoms with van der Waals surface area (Å²) in [5.74, 6) is -0.557. The molecule has 19 heavy (non-hydrogen) atoms. The van der Waals surface area contributed by atoms with Gasteiger partial charge in [-0.05, 0) is 25.7 Å². The van der Waals surface area contributed by atoms with Crippen molar-refractivity contribution in [3.63, 3.8) is 0 Å². The molecule has 0 aliphatic heterocycles. The van der Waals surface area contributed by atoms with Crippen LogP contribution in [0.25, 0.3) is 0 Å². The van der Waals surface area contributed by atoms with Crippen molar-refractivity contribution in [1.82, 2.24) is 0 Å². The van der Waals surface area contributed by atoms with E-state index >= 15 is 0 Å². The van der Waals surface area contributed by atoms with Crippen molar-refractivity contribution in [3.8, 4) is 0 Å². The van der Waals surface area contributed by atoms with Gasteiger partial charge in [0.2, 0.25) is 0 Å². The van der Waals surface area contributed by atoms with E-state index in [1.807, 2.05) is 0 Å². The maximum atomic E-state index is 10.3. The summed E-state index contributed by atoms with van der Waals surface area (Å²) in [6, 6.07) is 0. The third-order valence-corrected chi connectivity index (χ3v) is 3.49. The van der Waals surface area contributed by atoms with E-state index in [-0.39, 0.29) is 70.6 Å². The molecule has 0 saturated heterocycles. The molecule has 0 amide bonds. The Morgan fingerprint density at radius 3 is 1.26 bits per heavy atom. The van der Waals surface area contributed by atoms with Gasteiger partial charge in [0.25, 0.3) is 20.2 Å². The molecule has 0 aliphatic rings. The van der Waals surface area contributed by atoms with E-state index in [1.54, 1.807) is 0 Å². The van der Waals surface area contributed by atoms with E-state index in [9.17, 15) is 16.8 Å². The van der Waals surface area contributed by atoms with E-state index in [0.717, 1.165) is 0 Å². The Kier molecular flexibility index (Phi) is 18.2. The van der Waals surface area contributed by atoms with Crippen molar-refractivity contribution in [3.05, 3.63) is 0 Å². The summed E-state index contributed by atoms with van der Waals surface area (Å²) in [5, 5.41) is 0. The second-order valence-corrected chi connectivity index (χ2v) is 6.74. The molecule has 0 spiro atoms. The third kappa shape index (κ3) is 25.1. The van der Waals surface area contributed by atoms with E-state index in [1.165, 1.54) is 0 Å². The zero-order valence-electron chi connectivity index (χ0n) is 11.4. The number of hydrogen-bond acceptors (Lipinski definition) is 5. The molecule has 106 valence electrons. The molecule has 2 N–H and O–H groups in total. The van der Waals surface area contributed by atoms with Crippen LogP contribution >= 0.6 is 0 Å². The molecule has 0 rings (SSSR count). The smallest absolute Gasteiger partial charge is 0.264 e. The summed E-state index contributed by atoms with van der Waals surface area (Å²) in [6.45, 7) is 0.725. The Morgan fingerprint density at radius 2 is 1.00 bits per heavy atom. The fraction of sp³-hybridized carbons (Fsp3) is 1.00. The van der Waals surface area contributed by atoms with Crippen LogP contribution in [0.1, 0.15) is 25.7 Å². The van der Waals surface area contributed by atoms with Crippen LogP contribution in [0.15, 0.2) is 0 Å². The van der Waals surface area contributed by atoms with Crippen molar-refractivity contribution in [2.45, 2.75) is 25.7 Å². The zero-order valence-corrected chi connectivity index (χ0v) is 17.0. The first-order valence-electron chi connectivity index (χ1n) is 5.19. The van der Waals surface area contributed by atoms with Gasteiger partial charge in [0.15, 0.2) is 0 Å². The molecule has 0 bridgehead atoms. The molecular formula is C8H18Na2O7S2. The molecule has 2 radical (unpaired) electrons. The van der Waals surface area contributed by atoms with Gasteiger partial charge in [-0.1, -0.05) is 0 Å². The normalized spacial score (nSPS) is 11.5. The number of ether oxygens (including phenoxy) is 1. The van der Waals surface area contributed by atoms with Crippen LogP contribution in [0.2, 0.25) is 0 Å². The van der Waals surface area contributed by atoms with Crippen molar-refractivity contribution >= 4 is 79.4 Å². The van der Waals surface area contributed by atoms with Crippen LogP contribution in [0.3, 0.4) is 0 Å². The predicted octanol–water partition coefficient (Wildman–Crippen LogP) is -0.423. The average molecular weight is 336 g/mol. The minimum atomic E-state index is -3.89. The molecule has 7 nitrogen and oxygen atoms in total. The standard InChI is InChI=1S/C8H18O7S2.2Na/c9-16(10,11)7-3-1-5-15-6-2-4-8-17(12,13)14;;/h1-8H2,(H,9,10,11)(H,12,13,14);;. The Bertz CT molecular complexity index is 355. The third-order valence-electron chi connectivity index (χ3n) is 1.88. The minimum Gasteiger partial charge on any atom is -0.381 e. The van der Waals surface area contributed by atoms with E-state index in [2.05, 4.69) is 0 Å². The second kappa shape index (κ2) is 13.4. The Hall–Kier alpha value is 1.78. The molecule has 11 heteroatoms. The maximum absolute atomic E-state index is 10.3.